The molecule has 0 aliphatic carbocycles. The second-order valence-electron chi connectivity index (χ2n) is 7.35. The van der Waals surface area contributed by atoms with E-state index in [1.807, 2.05) is 12.1 Å². The molecular formula is C23H33IN6O2. The minimum atomic E-state index is 0. The molecule has 0 aliphatic heterocycles. The van der Waals surface area contributed by atoms with Crippen LogP contribution in [0.15, 0.2) is 46.0 Å². The van der Waals surface area contributed by atoms with Crippen molar-refractivity contribution in [2.45, 2.75) is 46.1 Å². The van der Waals surface area contributed by atoms with Crippen LogP contribution in [0.3, 0.4) is 0 Å². The fraction of sp³-hybridized carbons (Fsp3) is 0.435. The Morgan fingerprint density at radius 1 is 1.22 bits per heavy atom. The molecule has 1 aromatic carbocycles. The van der Waals surface area contributed by atoms with E-state index in [0.717, 1.165) is 36.1 Å². The van der Waals surface area contributed by atoms with Crippen LogP contribution in [0.4, 0.5) is 0 Å². The zero-order chi connectivity index (χ0) is 21.9. The van der Waals surface area contributed by atoms with Gasteiger partial charge in [0.25, 0.3) is 0 Å². The summed E-state index contributed by atoms with van der Waals surface area (Å²) in [5, 5.41) is 13.8. The van der Waals surface area contributed by atoms with Crippen LogP contribution in [0, 0.1) is 6.92 Å². The number of rotatable bonds is 11. The first-order valence-electron chi connectivity index (χ1n) is 10.8. The van der Waals surface area contributed by atoms with Crippen molar-refractivity contribution in [3.8, 4) is 17.3 Å². The van der Waals surface area contributed by atoms with Gasteiger partial charge in [0.05, 0.1) is 12.9 Å². The summed E-state index contributed by atoms with van der Waals surface area (Å²) in [6.45, 7) is 6.32. The normalized spacial score (nSPS) is 11.2. The van der Waals surface area contributed by atoms with Gasteiger partial charge < -0.3 is 19.8 Å². The van der Waals surface area contributed by atoms with E-state index in [1.54, 1.807) is 13.3 Å². The number of benzene rings is 1. The standard InChI is InChI=1S/C23H32N6O2.HI/c1-4-5-6-13-31-20-15-17(2)9-10-18(20)16-26-23(24-3)25-12-11-21-27-22(29-28-21)19-8-7-14-30-19;/h7-10,14-15H,4-6,11-13,16H2,1-3H3,(H2,24,25,26)(H,27,28,29);1H. The van der Waals surface area contributed by atoms with Crippen LogP contribution in [0.1, 0.15) is 43.1 Å². The summed E-state index contributed by atoms with van der Waals surface area (Å²) in [6.07, 6.45) is 5.74. The average molecular weight is 552 g/mol. The van der Waals surface area contributed by atoms with Gasteiger partial charge in [0, 0.05) is 32.1 Å². The van der Waals surface area contributed by atoms with Crippen LogP contribution in [0.2, 0.25) is 0 Å². The van der Waals surface area contributed by atoms with E-state index < -0.39 is 0 Å². The van der Waals surface area contributed by atoms with Crippen molar-refractivity contribution in [1.29, 1.82) is 0 Å². The molecule has 0 radical (unpaired) electrons. The zero-order valence-corrected chi connectivity index (χ0v) is 21.3. The van der Waals surface area contributed by atoms with E-state index in [2.05, 4.69) is 62.9 Å². The summed E-state index contributed by atoms with van der Waals surface area (Å²) >= 11 is 0. The molecule has 0 atom stereocenters. The van der Waals surface area contributed by atoms with Crippen LogP contribution in [0.5, 0.6) is 5.75 Å². The molecule has 3 aromatic rings. The van der Waals surface area contributed by atoms with Gasteiger partial charge in [-0.05, 0) is 37.1 Å². The summed E-state index contributed by atoms with van der Waals surface area (Å²) in [5.74, 6) is 3.66. The Hall–Kier alpha value is -2.56. The van der Waals surface area contributed by atoms with Gasteiger partial charge in [-0.3, -0.25) is 10.1 Å². The largest absolute Gasteiger partial charge is 0.493 e. The van der Waals surface area contributed by atoms with E-state index in [1.165, 1.54) is 18.4 Å². The summed E-state index contributed by atoms with van der Waals surface area (Å²) in [7, 11) is 1.76. The number of ether oxygens (including phenoxy) is 1. The first-order valence-corrected chi connectivity index (χ1v) is 10.8. The third-order valence-corrected chi connectivity index (χ3v) is 4.83. The molecule has 0 fully saturated rings. The quantitative estimate of drug-likeness (QED) is 0.141. The summed E-state index contributed by atoms with van der Waals surface area (Å²) in [5.41, 5.74) is 2.31. The number of guanidine groups is 1. The first-order chi connectivity index (χ1) is 15.2. The van der Waals surface area contributed by atoms with E-state index >= 15 is 0 Å². The number of aromatic nitrogens is 3. The van der Waals surface area contributed by atoms with E-state index in [9.17, 15) is 0 Å². The van der Waals surface area contributed by atoms with Gasteiger partial charge in [-0.1, -0.05) is 31.9 Å². The number of hydrogen-bond donors (Lipinski definition) is 3. The van der Waals surface area contributed by atoms with Crippen molar-refractivity contribution in [3.05, 3.63) is 53.5 Å². The van der Waals surface area contributed by atoms with Crippen LogP contribution in [-0.2, 0) is 13.0 Å². The third kappa shape index (κ3) is 7.85. The van der Waals surface area contributed by atoms with Crippen molar-refractivity contribution in [1.82, 2.24) is 25.8 Å². The Morgan fingerprint density at radius 3 is 2.84 bits per heavy atom. The van der Waals surface area contributed by atoms with E-state index in [-0.39, 0.29) is 24.0 Å². The lowest BCUT2D eigenvalue weighted by Gasteiger charge is -2.15. The molecule has 2 aromatic heterocycles. The highest BCUT2D eigenvalue weighted by atomic mass is 127. The minimum absolute atomic E-state index is 0. The van der Waals surface area contributed by atoms with Gasteiger partial charge >= 0.3 is 0 Å². The van der Waals surface area contributed by atoms with Crippen LogP contribution in [0.25, 0.3) is 11.6 Å². The number of nitrogens with one attached hydrogen (secondary N) is 3. The van der Waals surface area contributed by atoms with Gasteiger partial charge in [-0.25, -0.2) is 4.98 Å². The van der Waals surface area contributed by atoms with Crippen molar-refractivity contribution in [2.24, 2.45) is 4.99 Å². The van der Waals surface area contributed by atoms with Crippen molar-refractivity contribution >= 4 is 29.9 Å². The molecule has 8 nitrogen and oxygen atoms in total. The lowest BCUT2D eigenvalue weighted by Crippen LogP contribution is -2.38. The molecule has 0 amide bonds. The molecule has 0 bridgehead atoms. The molecule has 3 rings (SSSR count). The molecule has 0 unspecified atom stereocenters. The molecule has 9 heteroatoms. The van der Waals surface area contributed by atoms with Crippen LogP contribution < -0.4 is 15.4 Å². The smallest absolute Gasteiger partial charge is 0.216 e. The Bertz CT molecular complexity index is 955. The number of unbranched alkanes of at least 4 members (excludes halogenated alkanes) is 2. The Morgan fingerprint density at radius 2 is 2.09 bits per heavy atom. The highest BCUT2D eigenvalue weighted by Gasteiger charge is 2.09. The van der Waals surface area contributed by atoms with E-state index in [4.69, 9.17) is 9.15 Å². The Kier molecular flexibility index (Phi) is 11.1. The number of aryl methyl sites for hydroxylation is 1. The molecule has 0 saturated carbocycles. The van der Waals surface area contributed by atoms with Gasteiger partial charge in [-0.2, -0.15) is 5.10 Å². The topological polar surface area (TPSA) is 100 Å². The molecule has 32 heavy (non-hydrogen) atoms. The zero-order valence-electron chi connectivity index (χ0n) is 19.0. The number of aromatic amines is 1. The van der Waals surface area contributed by atoms with Crippen LogP contribution in [-0.4, -0.2) is 41.3 Å². The summed E-state index contributed by atoms with van der Waals surface area (Å²) in [6, 6.07) is 9.96. The van der Waals surface area contributed by atoms with Gasteiger partial charge in [-0.15, -0.1) is 24.0 Å². The van der Waals surface area contributed by atoms with Crippen molar-refractivity contribution < 1.29 is 9.15 Å². The molecule has 2 heterocycles. The number of hydrogen-bond acceptors (Lipinski definition) is 5. The molecule has 0 aliphatic rings. The number of furan rings is 1. The average Bonchev–Trinajstić information content (AvgIpc) is 3.46. The van der Waals surface area contributed by atoms with Crippen molar-refractivity contribution in [2.75, 3.05) is 20.2 Å². The minimum Gasteiger partial charge on any atom is -0.493 e. The highest BCUT2D eigenvalue weighted by molar-refractivity contribution is 14.0. The lowest BCUT2D eigenvalue weighted by atomic mass is 10.1. The van der Waals surface area contributed by atoms with Crippen molar-refractivity contribution in [3.63, 3.8) is 0 Å². The Labute approximate surface area is 206 Å². The van der Waals surface area contributed by atoms with Gasteiger partial charge in [0.1, 0.15) is 11.6 Å². The molecule has 174 valence electrons. The molecular weight excluding hydrogens is 519 g/mol. The van der Waals surface area contributed by atoms with Crippen LogP contribution >= 0.6 is 24.0 Å². The number of nitrogens with zero attached hydrogens (tertiary/aromatic N) is 3. The van der Waals surface area contributed by atoms with Gasteiger partial charge in [0.15, 0.2) is 11.7 Å². The molecule has 0 saturated heterocycles. The number of H-pyrrole nitrogens is 1. The van der Waals surface area contributed by atoms with Gasteiger partial charge in [0.2, 0.25) is 5.82 Å². The third-order valence-electron chi connectivity index (χ3n) is 4.83. The monoisotopic (exact) mass is 552 g/mol. The predicted molar refractivity (Wildman–Crippen MR) is 138 cm³/mol. The maximum Gasteiger partial charge on any atom is 0.216 e. The maximum atomic E-state index is 6.03. The second kappa shape index (κ2) is 13.8. The number of halogens is 1. The molecule has 3 N–H and O–H groups in total. The fourth-order valence-corrected chi connectivity index (χ4v) is 3.10. The summed E-state index contributed by atoms with van der Waals surface area (Å²) in [4.78, 5) is 8.76. The number of aliphatic imine (C=N–C) groups is 1. The maximum absolute atomic E-state index is 6.03. The fourth-order valence-electron chi connectivity index (χ4n) is 3.10. The first kappa shape index (κ1) is 25.7. The SMILES string of the molecule is CCCCCOc1cc(C)ccc1CNC(=NC)NCCc1nc(-c2ccco2)n[nH]1.I. The summed E-state index contributed by atoms with van der Waals surface area (Å²) < 4.78 is 11.4. The van der Waals surface area contributed by atoms with E-state index in [0.29, 0.717) is 31.1 Å². The second-order valence-corrected chi connectivity index (χ2v) is 7.35. The Balaban J connectivity index is 0.00000363. The highest BCUT2D eigenvalue weighted by Crippen LogP contribution is 2.21. The lowest BCUT2D eigenvalue weighted by molar-refractivity contribution is 0.303. The molecule has 0 spiro atoms. The predicted octanol–water partition coefficient (Wildman–Crippen LogP) is 4.47.